The second kappa shape index (κ2) is 5.96. The summed E-state index contributed by atoms with van der Waals surface area (Å²) < 4.78 is 27.5. The van der Waals surface area contributed by atoms with E-state index in [1.165, 1.54) is 24.0 Å². The van der Waals surface area contributed by atoms with Gasteiger partial charge in [-0.25, -0.2) is 13.1 Å². The van der Waals surface area contributed by atoms with E-state index in [1.807, 2.05) is 6.92 Å². The molecule has 102 valence electrons. The minimum atomic E-state index is -3.63. The third-order valence-electron chi connectivity index (χ3n) is 2.65. The molecule has 0 radical (unpaired) electrons. The molecule has 0 saturated carbocycles. The van der Waals surface area contributed by atoms with Crippen LogP contribution in [0.2, 0.25) is 0 Å². The zero-order valence-corrected chi connectivity index (χ0v) is 11.1. The van der Waals surface area contributed by atoms with Gasteiger partial charge in [-0.15, -0.1) is 0 Å². The highest BCUT2D eigenvalue weighted by molar-refractivity contribution is 7.89. The highest BCUT2D eigenvalue weighted by Gasteiger charge is 2.20. The van der Waals surface area contributed by atoms with Crippen LogP contribution in [0, 0.1) is 5.92 Å². The first-order valence-electron chi connectivity index (χ1n) is 5.56. The van der Waals surface area contributed by atoms with Gasteiger partial charge in [0.05, 0.1) is 6.20 Å². The maximum absolute atomic E-state index is 11.9. The molecule has 0 aromatic carbocycles. The van der Waals surface area contributed by atoms with Gasteiger partial charge in [-0.3, -0.25) is 9.48 Å². The molecule has 0 amide bonds. The third-order valence-corrected chi connectivity index (χ3v) is 4.15. The predicted octanol–water partition coefficient (Wildman–Crippen LogP) is 0.199. The second-order valence-corrected chi connectivity index (χ2v) is 5.73. The summed E-state index contributed by atoms with van der Waals surface area (Å²) in [6.45, 7) is 1.93. The summed E-state index contributed by atoms with van der Waals surface area (Å²) in [5, 5.41) is 12.5. The zero-order chi connectivity index (χ0) is 13.8. The molecule has 1 rings (SSSR count). The third kappa shape index (κ3) is 3.81. The Labute approximate surface area is 106 Å². The number of rotatable bonds is 7. The second-order valence-electron chi connectivity index (χ2n) is 4.02. The van der Waals surface area contributed by atoms with Crippen LogP contribution >= 0.6 is 0 Å². The van der Waals surface area contributed by atoms with E-state index in [-0.39, 0.29) is 23.9 Å². The van der Waals surface area contributed by atoms with E-state index in [4.69, 9.17) is 5.11 Å². The number of nitrogens with zero attached hydrogens (tertiary/aromatic N) is 2. The summed E-state index contributed by atoms with van der Waals surface area (Å²) >= 11 is 0. The van der Waals surface area contributed by atoms with Gasteiger partial charge < -0.3 is 5.11 Å². The van der Waals surface area contributed by atoms with E-state index >= 15 is 0 Å². The lowest BCUT2D eigenvalue weighted by Crippen LogP contribution is -2.31. The highest BCUT2D eigenvalue weighted by Crippen LogP contribution is 2.10. The molecule has 0 aliphatic heterocycles. The number of aryl methyl sites for hydroxylation is 1. The van der Waals surface area contributed by atoms with Crippen LogP contribution in [0.1, 0.15) is 19.8 Å². The summed E-state index contributed by atoms with van der Waals surface area (Å²) in [5.74, 6) is -1.15. The van der Waals surface area contributed by atoms with E-state index in [1.54, 1.807) is 0 Å². The molecular weight excluding hydrogens is 258 g/mol. The van der Waals surface area contributed by atoms with Crippen LogP contribution < -0.4 is 4.72 Å². The Kier molecular flexibility index (Phi) is 4.85. The van der Waals surface area contributed by atoms with E-state index in [0.717, 1.165) is 0 Å². The number of aliphatic carboxylic acids is 1. The van der Waals surface area contributed by atoms with Crippen molar-refractivity contribution in [2.24, 2.45) is 13.0 Å². The van der Waals surface area contributed by atoms with Crippen molar-refractivity contribution < 1.29 is 18.3 Å². The van der Waals surface area contributed by atoms with Crippen LogP contribution in [0.15, 0.2) is 17.3 Å². The number of carboxylic acid groups (broad SMARTS) is 1. The average Bonchev–Trinajstić information content (AvgIpc) is 2.71. The van der Waals surface area contributed by atoms with Crippen LogP contribution in [0.3, 0.4) is 0 Å². The first-order valence-corrected chi connectivity index (χ1v) is 7.04. The molecule has 2 N–H and O–H groups in total. The van der Waals surface area contributed by atoms with Gasteiger partial charge in [0.1, 0.15) is 0 Å². The standard InChI is InChI=1S/C10H17N3O4S/c1-3-8(6-10(14)15)7-12-18(16,17)9-4-5-11-13(9)2/h4-5,8,12H,3,6-7H2,1-2H3,(H,14,15). The molecule has 0 bridgehead atoms. The molecule has 1 aromatic heterocycles. The molecule has 8 heteroatoms. The largest absolute Gasteiger partial charge is 0.481 e. The van der Waals surface area contributed by atoms with E-state index in [9.17, 15) is 13.2 Å². The molecule has 1 heterocycles. The molecule has 1 atom stereocenters. The molecule has 1 aromatic rings. The number of aromatic nitrogens is 2. The van der Waals surface area contributed by atoms with Crippen LogP contribution in [0.4, 0.5) is 0 Å². The monoisotopic (exact) mass is 275 g/mol. The van der Waals surface area contributed by atoms with Gasteiger partial charge in [0.15, 0.2) is 5.03 Å². The predicted molar refractivity (Wildman–Crippen MR) is 64.4 cm³/mol. The summed E-state index contributed by atoms with van der Waals surface area (Å²) in [7, 11) is -2.10. The van der Waals surface area contributed by atoms with Gasteiger partial charge in [-0.2, -0.15) is 5.10 Å². The fraction of sp³-hybridized carbons (Fsp3) is 0.600. The Bertz CT molecular complexity index is 509. The number of sulfonamides is 1. The topological polar surface area (TPSA) is 101 Å². The van der Waals surface area contributed by atoms with Crippen LogP contribution in [0.5, 0.6) is 0 Å². The fourth-order valence-electron chi connectivity index (χ4n) is 1.53. The van der Waals surface area contributed by atoms with Crippen molar-refractivity contribution in [2.45, 2.75) is 24.8 Å². The normalized spacial score (nSPS) is 13.4. The molecular formula is C10H17N3O4S. The van der Waals surface area contributed by atoms with E-state index in [0.29, 0.717) is 6.42 Å². The molecule has 0 aliphatic carbocycles. The smallest absolute Gasteiger partial charge is 0.303 e. The highest BCUT2D eigenvalue weighted by atomic mass is 32.2. The Hall–Kier alpha value is -1.41. The average molecular weight is 275 g/mol. The molecule has 7 nitrogen and oxygen atoms in total. The van der Waals surface area contributed by atoms with Gasteiger partial charge in [0.2, 0.25) is 0 Å². The van der Waals surface area contributed by atoms with Gasteiger partial charge >= 0.3 is 5.97 Å². The molecule has 0 aliphatic rings. The van der Waals surface area contributed by atoms with Gasteiger partial charge in [0, 0.05) is 20.0 Å². The van der Waals surface area contributed by atoms with Crippen molar-refractivity contribution in [1.29, 1.82) is 0 Å². The number of carboxylic acids is 1. The molecule has 0 spiro atoms. The Morgan fingerprint density at radius 3 is 2.72 bits per heavy atom. The van der Waals surface area contributed by atoms with E-state index < -0.39 is 16.0 Å². The lowest BCUT2D eigenvalue weighted by molar-refractivity contribution is -0.138. The van der Waals surface area contributed by atoms with Gasteiger partial charge in [-0.1, -0.05) is 13.3 Å². The first-order chi connectivity index (χ1) is 8.36. The van der Waals surface area contributed by atoms with Crippen molar-refractivity contribution in [3.05, 3.63) is 12.3 Å². The van der Waals surface area contributed by atoms with Crippen molar-refractivity contribution >= 4 is 16.0 Å². The van der Waals surface area contributed by atoms with Crippen LogP contribution in [-0.4, -0.2) is 35.8 Å². The van der Waals surface area contributed by atoms with E-state index in [2.05, 4.69) is 9.82 Å². The maximum Gasteiger partial charge on any atom is 0.303 e. The maximum atomic E-state index is 11.9. The number of nitrogens with one attached hydrogen (secondary N) is 1. The first kappa shape index (κ1) is 14.7. The summed E-state index contributed by atoms with van der Waals surface area (Å²) in [6.07, 6.45) is 1.94. The van der Waals surface area contributed by atoms with Crippen LogP contribution in [0.25, 0.3) is 0 Å². The van der Waals surface area contributed by atoms with Gasteiger partial charge in [0.25, 0.3) is 10.0 Å². The Balaban J connectivity index is 2.67. The van der Waals surface area contributed by atoms with Crippen molar-refractivity contribution in [2.75, 3.05) is 6.54 Å². The Morgan fingerprint density at radius 1 is 1.61 bits per heavy atom. The minimum Gasteiger partial charge on any atom is -0.481 e. The zero-order valence-electron chi connectivity index (χ0n) is 10.3. The lowest BCUT2D eigenvalue weighted by Gasteiger charge is -2.13. The van der Waals surface area contributed by atoms with Crippen LogP contribution in [-0.2, 0) is 21.9 Å². The number of hydrogen-bond donors (Lipinski definition) is 2. The lowest BCUT2D eigenvalue weighted by atomic mass is 10.0. The number of hydrogen-bond acceptors (Lipinski definition) is 4. The summed E-state index contributed by atoms with van der Waals surface area (Å²) in [6, 6.07) is 1.39. The minimum absolute atomic E-state index is 0.0512. The van der Waals surface area contributed by atoms with Crippen molar-refractivity contribution in [3.8, 4) is 0 Å². The SMILES string of the molecule is CCC(CNS(=O)(=O)c1ccnn1C)CC(=O)O. The van der Waals surface area contributed by atoms with Crippen molar-refractivity contribution in [1.82, 2.24) is 14.5 Å². The number of carbonyl (C=O) groups is 1. The summed E-state index contributed by atoms with van der Waals surface area (Å²) in [4.78, 5) is 10.6. The quantitative estimate of drug-likeness (QED) is 0.740. The van der Waals surface area contributed by atoms with Gasteiger partial charge in [-0.05, 0) is 12.0 Å². The fourth-order valence-corrected chi connectivity index (χ4v) is 2.77. The molecule has 18 heavy (non-hydrogen) atoms. The Morgan fingerprint density at radius 2 is 2.28 bits per heavy atom. The molecule has 0 fully saturated rings. The van der Waals surface area contributed by atoms with Crippen molar-refractivity contribution in [3.63, 3.8) is 0 Å². The molecule has 1 unspecified atom stereocenters. The summed E-state index contributed by atoms with van der Waals surface area (Å²) in [5.41, 5.74) is 0. The molecule has 0 saturated heterocycles.